The summed E-state index contributed by atoms with van der Waals surface area (Å²) in [7, 11) is -1.90. The third-order valence-electron chi connectivity index (χ3n) is 4.01. The second kappa shape index (κ2) is 8.26. The van der Waals surface area contributed by atoms with Crippen molar-refractivity contribution in [1.29, 1.82) is 0 Å². The number of rotatable bonds is 5. The maximum atomic E-state index is 14.7. The number of hydrogen-bond acceptors (Lipinski definition) is 4. The van der Waals surface area contributed by atoms with Crippen molar-refractivity contribution in [3.63, 3.8) is 0 Å². The summed E-state index contributed by atoms with van der Waals surface area (Å²) >= 11 is 0. The average Bonchev–Trinajstić information content (AvgIpc) is 2.68. The van der Waals surface area contributed by atoms with E-state index < -0.39 is 28.5 Å². The minimum atomic E-state index is -4.59. The topological polar surface area (TPSA) is 80.9 Å². The maximum absolute atomic E-state index is 14.7. The van der Waals surface area contributed by atoms with Crippen LogP contribution in [0.4, 0.5) is 23.4 Å². The number of nitrogens with zero attached hydrogens (tertiary/aromatic N) is 2. The van der Waals surface area contributed by atoms with Crippen LogP contribution in [-0.4, -0.2) is 20.7 Å². The average molecular weight is 424 g/mol. The summed E-state index contributed by atoms with van der Waals surface area (Å²) in [6, 6.07) is 6.98. The van der Waals surface area contributed by atoms with Crippen LogP contribution >= 0.6 is 0 Å². The number of hydrogen-bond donors (Lipinski definition) is 2. The van der Waals surface area contributed by atoms with E-state index in [1.807, 2.05) is 0 Å². The second-order valence-electron chi connectivity index (χ2n) is 6.00. The number of nitrogens with one attached hydrogen (secondary N) is 1. The summed E-state index contributed by atoms with van der Waals surface area (Å²) in [6.07, 6.45) is -1.99. The third kappa shape index (κ3) is 4.60. The van der Waals surface area contributed by atoms with E-state index in [0.717, 1.165) is 18.2 Å². The lowest BCUT2D eigenvalue weighted by atomic mass is 10.0. The molecular formula is C19H16F4N4OS. The molecule has 0 fully saturated rings. The molecule has 1 aromatic heterocycles. The molecule has 0 radical (unpaired) electrons. The van der Waals surface area contributed by atoms with E-state index in [1.165, 1.54) is 30.6 Å². The molecule has 0 bridgehead atoms. The van der Waals surface area contributed by atoms with Crippen LogP contribution in [0, 0.1) is 5.82 Å². The number of halogens is 4. The first-order valence-corrected chi connectivity index (χ1v) is 9.60. The first-order valence-electron chi connectivity index (χ1n) is 8.45. The molecule has 0 saturated heterocycles. The van der Waals surface area contributed by atoms with E-state index in [1.54, 1.807) is 6.92 Å². The van der Waals surface area contributed by atoms with Gasteiger partial charge in [-0.25, -0.2) is 18.3 Å². The van der Waals surface area contributed by atoms with Crippen LogP contribution in [0.2, 0.25) is 0 Å². The Morgan fingerprint density at radius 2 is 1.79 bits per heavy atom. The number of nitrogens with two attached hydrogens (primary N) is 1. The van der Waals surface area contributed by atoms with Gasteiger partial charge in [-0.05, 0) is 35.4 Å². The zero-order valence-corrected chi connectivity index (χ0v) is 15.9. The Labute approximate surface area is 166 Å². The SMILES string of the molecule is CCNS(=O)c1cc(C(F)(F)F)ccc1-c1ccc(-c2cnc(N)cn2)c(F)c1. The molecule has 2 aromatic carbocycles. The maximum Gasteiger partial charge on any atom is 0.416 e. The summed E-state index contributed by atoms with van der Waals surface area (Å²) in [5.41, 5.74) is 5.46. The van der Waals surface area contributed by atoms with Gasteiger partial charge in [0.15, 0.2) is 0 Å². The third-order valence-corrected chi connectivity index (χ3v) is 5.30. The van der Waals surface area contributed by atoms with Crippen molar-refractivity contribution in [2.75, 3.05) is 12.3 Å². The monoisotopic (exact) mass is 424 g/mol. The van der Waals surface area contributed by atoms with Gasteiger partial charge in [0.1, 0.15) is 22.6 Å². The molecule has 10 heteroatoms. The smallest absolute Gasteiger partial charge is 0.382 e. The van der Waals surface area contributed by atoms with E-state index in [9.17, 15) is 21.8 Å². The second-order valence-corrected chi connectivity index (χ2v) is 7.26. The van der Waals surface area contributed by atoms with E-state index in [4.69, 9.17) is 5.73 Å². The highest BCUT2D eigenvalue weighted by atomic mass is 32.2. The number of alkyl halides is 3. The van der Waals surface area contributed by atoms with Crippen LogP contribution < -0.4 is 10.5 Å². The van der Waals surface area contributed by atoms with E-state index in [0.29, 0.717) is 0 Å². The van der Waals surface area contributed by atoms with Crippen molar-refractivity contribution in [1.82, 2.24) is 14.7 Å². The molecule has 0 aliphatic carbocycles. The molecular weight excluding hydrogens is 408 g/mol. The largest absolute Gasteiger partial charge is 0.416 e. The summed E-state index contributed by atoms with van der Waals surface area (Å²) in [5.74, 6) is -0.465. The lowest BCUT2D eigenvalue weighted by Crippen LogP contribution is -2.18. The Hall–Kier alpha value is -2.85. The molecule has 152 valence electrons. The number of benzene rings is 2. The molecule has 29 heavy (non-hydrogen) atoms. The quantitative estimate of drug-likeness (QED) is 0.602. The van der Waals surface area contributed by atoms with Crippen LogP contribution in [0.1, 0.15) is 12.5 Å². The predicted molar refractivity (Wildman–Crippen MR) is 102 cm³/mol. The normalized spacial score (nSPS) is 12.7. The van der Waals surface area contributed by atoms with Gasteiger partial charge in [0, 0.05) is 12.1 Å². The molecule has 1 atom stereocenters. The standard InChI is InChI=1S/C19H16F4N4OS/c1-2-27-29(28)17-8-12(19(21,22)23)4-6-13(17)11-3-5-14(15(20)7-11)16-9-26-18(24)10-25-16/h3-10,27H,2H2,1H3,(H2,24,26). The van der Waals surface area contributed by atoms with Crippen LogP contribution in [0.3, 0.4) is 0 Å². The van der Waals surface area contributed by atoms with Crippen molar-refractivity contribution in [3.05, 3.63) is 60.2 Å². The lowest BCUT2D eigenvalue weighted by Gasteiger charge is -2.14. The minimum absolute atomic E-state index is 0.0823. The Kier molecular flexibility index (Phi) is 5.94. The molecule has 0 aliphatic heterocycles. The zero-order chi connectivity index (χ0) is 21.2. The fraction of sp³-hybridized carbons (Fsp3) is 0.158. The van der Waals surface area contributed by atoms with Gasteiger partial charge >= 0.3 is 6.18 Å². The zero-order valence-electron chi connectivity index (χ0n) is 15.1. The summed E-state index contributed by atoms with van der Waals surface area (Å²) in [4.78, 5) is 7.79. The van der Waals surface area contributed by atoms with Crippen molar-refractivity contribution in [2.24, 2.45) is 0 Å². The molecule has 0 spiro atoms. The Balaban J connectivity index is 2.08. The molecule has 3 aromatic rings. The van der Waals surface area contributed by atoms with Crippen LogP contribution in [0.5, 0.6) is 0 Å². The highest BCUT2D eigenvalue weighted by molar-refractivity contribution is 7.83. The fourth-order valence-electron chi connectivity index (χ4n) is 2.67. The Morgan fingerprint density at radius 3 is 2.38 bits per heavy atom. The van der Waals surface area contributed by atoms with E-state index >= 15 is 0 Å². The number of nitrogen functional groups attached to an aromatic ring is 1. The summed E-state index contributed by atoms with van der Waals surface area (Å²) < 4.78 is 69.0. The van der Waals surface area contributed by atoms with Gasteiger partial charge in [-0.2, -0.15) is 13.2 Å². The summed E-state index contributed by atoms with van der Waals surface area (Å²) in [6.45, 7) is 1.96. The molecule has 0 saturated carbocycles. The van der Waals surface area contributed by atoms with E-state index in [2.05, 4.69) is 14.7 Å². The molecule has 1 unspecified atom stereocenters. The Morgan fingerprint density at radius 1 is 1.07 bits per heavy atom. The highest BCUT2D eigenvalue weighted by Gasteiger charge is 2.31. The van der Waals surface area contributed by atoms with Gasteiger partial charge < -0.3 is 5.73 Å². The molecule has 3 N–H and O–H groups in total. The molecule has 0 aliphatic rings. The summed E-state index contributed by atoms with van der Waals surface area (Å²) in [5, 5.41) is 0. The first-order chi connectivity index (χ1) is 13.7. The molecule has 0 amide bonds. The number of anilines is 1. The van der Waals surface area contributed by atoms with Gasteiger partial charge in [-0.1, -0.05) is 19.1 Å². The van der Waals surface area contributed by atoms with Crippen LogP contribution in [0.25, 0.3) is 22.4 Å². The van der Waals surface area contributed by atoms with Crippen LogP contribution in [-0.2, 0) is 17.2 Å². The number of aromatic nitrogens is 2. The van der Waals surface area contributed by atoms with Gasteiger partial charge in [0.2, 0.25) is 0 Å². The van der Waals surface area contributed by atoms with Gasteiger partial charge in [0.25, 0.3) is 0 Å². The lowest BCUT2D eigenvalue weighted by molar-refractivity contribution is -0.137. The van der Waals surface area contributed by atoms with Crippen molar-refractivity contribution >= 4 is 16.8 Å². The van der Waals surface area contributed by atoms with Crippen molar-refractivity contribution in [2.45, 2.75) is 18.0 Å². The van der Waals surface area contributed by atoms with Gasteiger partial charge in [0.05, 0.1) is 28.5 Å². The molecule has 3 rings (SSSR count). The fourth-order valence-corrected chi connectivity index (χ4v) is 3.70. The van der Waals surface area contributed by atoms with E-state index in [-0.39, 0.29) is 39.6 Å². The minimum Gasteiger partial charge on any atom is -0.382 e. The molecule has 1 heterocycles. The Bertz CT molecular complexity index is 1060. The van der Waals surface area contributed by atoms with Crippen molar-refractivity contribution in [3.8, 4) is 22.4 Å². The molecule has 5 nitrogen and oxygen atoms in total. The van der Waals surface area contributed by atoms with Gasteiger partial charge in [-0.15, -0.1) is 0 Å². The van der Waals surface area contributed by atoms with Crippen molar-refractivity contribution < 1.29 is 21.8 Å². The predicted octanol–water partition coefficient (Wildman–Crippen LogP) is 4.18. The van der Waals surface area contributed by atoms with Gasteiger partial charge in [-0.3, -0.25) is 4.98 Å². The van der Waals surface area contributed by atoms with Crippen LogP contribution in [0.15, 0.2) is 53.7 Å². The highest BCUT2D eigenvalue weighted by Crippen LogP contribution is 2.35. The first kappa shape index (κ1) is 20.9.